The largest absolute Gasteiger partial charge is 0.452 e. The number of fused-ring (bicyclic) bond motifs is 4. The molecule has 10 heteroatoms. The number of carbonyl (C=O) groups excluding carboxylic acids is 1. The molecule has 2 aliphatic rings. The molecule has 0 saturated carbocycles. The van der Waals surface area contributed by atoms with Gasteiger partial charge in [-0.2, -0.15) is 5.10 Å². The lowest BCUT2D eigenvalue weighted by Gasteiger charge is -2.39. The average Bonchev–Trinajstić information content (AvgIpc) is 3.67. The molecule has 0 spiro atoms. The summed E-state index contributed by atoms with van der Waals surface area (Å²) in [5.74, 6) is 1.11. The number of anilines is 1. The molecule has 2 aliphatic heterocycles. The van der Waals surface area contributed by atoms with E-state index in [9.17, 15) is 4.79 Å². The zero-order valence-corrected chi connectivity index (χ0v) is 22.9. The number of ether oxygens (including phenoxy) is 1. The second-order valence-corrected chi connectivity index (χ2v) is 12.4. The molecule has 2 atom stereocenters. The van der Waals surface area contributed by atoms with Crippen molar-refractivity contribution in [2.75, 3.05) is 5.73 Å². The molecule has 1 amide bonds. The van der Waals surface area contributed by atoms with Crippen LogP contribution in [0.25, 0.3) is 43.5 Å². The van der Waals surface area contributed by atoms with Crippen molar-refractivity contribution in [3.63, 3.8) is 0 Å². The summed E-state index contributed by atoms with van der Waals surface area (Å²) in [4.78, 5) is 23.5. The van der Waals surface area contributed by atoms with E-state index in [0.717, 1.165) is 63.6 Å². The smallest absolute Gasteiger partial charge is 0.410 e. The fraction of sp³-hybridized carbons (Fsp3) is 0.379. The summed E-state index contributed by atoms with van der Waals surface area (Å²) in [7, 11) is 0. The number of thiophene rings is 1. The predicted octanol–water partition coefficient (Wildman–Crippen LogP) is 6.65. The number of furan rings is 1. The molecule has 7 rings (SSSR count). The van der Waals surface area contributed by atoms with Gasteiger partial charge in [0.15, 0.2) is 11.4 Å². The van der Waals surface area contributed by atoms with Crippen LogP contribution in [-0.4, -0.2) is 48.4 Å². The maximum Gasteiger partial charge on any atom is 0.410 e. The van der Waals surface area contributed by atoms with Crippen LogP contribution in [0.5, 0.6) is 0 Å². The average molecular weight is 543 g/mol. The molecule has 2 saturated heterocycles. The highest BCUT2D eigenvalue weighted by atomic mass is 32.1. The fourth-order valence-electron chi connectivity index (χ4n) is 6.13. The predicted molar refractivity (Wildman–Crippen MR) is 151 cm³/mol. The van der Waals surface area contributed by atoms with Gasteiger partial charge >= 0.3 is 6.09 Å². The van der Waals surface area contributed by atoms with E-state index in [-0.39, 0.29) is 24.2 Å². The first-order chi connectivity index (χ1) is 18.7. The van der Waals surface area contributed by atoms with Crippen molar-refractivity contribution in [3.8, 4) is 22.5 Å². The normalized spacial score (nSPS) is 21.2. The van der Waals surface area contributed by atoms with E-state index in [1.54, 1.807) is 23.7 Å². The second kappa shape index (κ2) is 8.81. The molecular weight excluding hydrogens is 512 g/mol. The third kappa shape index (κ3) is 4.14. The van der Waals surface area contributed by atoms with E-state index < -0.39 is 5.60 Å². The van der Waals surface area contributed by atoms with Gasteiger partial charge in [0.25, 0.3) is 0 Å². The van der Waals surface area contributed by atoms with Gasteiger partial charge in [-0.25, -0.2) is 9.78 Å². The van der Waals surface area contributed by atoms with Crippen LogP contribution in [0.3, 0.4) is 0 Å². The number of aromatic nitrogens is 4. The van der Waals surface area contributed by atoms with Gasteiger partial charge in [0, 0.05) is 69.7 Å². The number of carbonyl (C=O) groups is 1. The SMILES string of the molecule is CC(C)(C)OC(=O)N1C2CCC1CC(n1cc(-c3cnc(N)c4oc(-c5csc6cnccc56)cc34)cn1)C2. The van der Waals surface area contributed by atoms with Gasteiger partial charge in [0.05, 0.1) is 16.9 Å². The molecule has 200 valence electrons. The van der Waals surface area contributed by atoms with Crippen LogP contribution in [0.4, 0.5) is 10.6 Å². The Morgan fingerprint density at radius 3 is 2.67 bits per heavy atom. The Labute approximate surface area is 229 Å². The molecule has 5 aromatic rings. The van der Waals surface area contributed by atoms with Crippen molar-refractivity contribution in [3.05, 3.63) is 48.5 Å². The van der Waals surface area contributed by atoms with E-state index in [2.05, 4.69) is 26.2 Å². The molecule has 0 radical (unpaired) electrons. The summed E-state index contributed by atoms with van der Waals surface area (Å²) >= 11 is 1.64. The van der Waals surface area contributed by atoms with Crippen molar-refractivity contribution in [2.45, 2.75) is 70.2 Å². The van der Waals surface area contributed by atoms with E-state index in [1.807, 2.05) is 50.2 Å². The third-order valence-electron chi connectivity index (χ3n) is 7.83. The van der Waals surface area contributed by atoms with Crippen LogP contribution < -0.4 is 5.73 Å². The number of nitrogen functional groups attached to an aromatic ring is 1. The third-order valence-corrected chi connectivity index (χ3v) is 8.76. The van der Waals surface area contributed by atoms with Gasteiger partial charge in [-0.3, -0.25) is 9.67 Å². The highest BCUT2D eigenvalue weighted by Gasteiger charge is 2.45. The molecular formula is C29H30N6O3S. The first-order valence-electron chi connectivity index (χ1n) is 13.3. The molecule has 2 bridgehead atoms. The zero-order chi connectivity index (χ0) is 26.9. The van der Waals surface area contributed by atoms with Crippen molar-refractivity contribution in [1.29, 1.82) is 0 Å². The zero-order valence-electron chi connectivity index (χ0n) is 22.1. The fourth-order valence-corrected chi connectivity index (χ4v) is 7.05. The summed E-state index contributed by atoms with van der Waals surface area (Å²) in [6.07, 6.45) is 13.0. The Morgan fingerprint density at radius 2 is 1.90 bits per heavy atom. The quantitative estimate of drug-likeness (QED) is 0.271. The summed E-state index contributed by atoms with van der Waals surface area (Å²) in [6, 6.07) is 4.61. The molecule has 39 heavy (non-hydrogen) atoms. The lowest BCUT2D eigenvalue weighted by Crippen LogP contribution is -2.48. The standard InChI is InChI=1S/C29H30N6O3S/c1-29(2,3)38-28(36)35-17-4-5-18(35)9-19(8-17)34-14-16(11-33-34)22-12-32-27(30)26-21(22)10-24(37-26)23-15-39-25-13-31-7-6-20(23)25/h6-7,10-15,17-19H,4-5,8-9H2,1-3H3,(H2,30,32). The maximum absolute atomic E-state index is 12.9. The molecule has 2 unspecified atom stereocenters. The Morgan fingerprint density at radius 1 is 1.10 bits per heavy atom. The van der Waals surface area contributed by atoms with Crippen molar-refractivity contribution < 1.29 is 13.9 Å². The molecule has 9 nitrogen and oxygen atoms in total. The van der Waals surface area contributed by atoms with Crippen molar-refractivity contribution in [1.82, 2.24) is 24.6 Å². The lowest BCUT2D eigenvalue weighted by atomic mass is 9.98. The van der Waals surface area contributed by atoms with Gasteiger partial charge in [0.2, 0.25) is 0 Å². The molecule has 0 aromatic carbocycles. The molecule has 7 heterocycles. The highest BCUT2D eigenvalue weighted by Crippen LogP contribution is 2.43. The lowest BCUT2D eigenvalue weighted by molar-refractivity contribution is 0.00232. The summed E-state index contributed by atoms with van der Waals surface area (Å²) in [5.41, 5.74) is 9.22. The topological polar surface area (TPSA) is 112 Å². The van der Waals surface area contributed by atoms with Crippen LogP contribution in [0.15, 0.2) is 52.9 Å². The van der Waals surface area contributed by atoms with Gasteiger partial charge < -0.3 is 19.8 Å². The minimum absolute atomic E-state index is 0.174. The first kappa shape index (κ1) is 24.1. The van der Waals surface area contributed by atoms with Crippen LogP contribution in [0, 0.1) is 0 Å². The summed E-state index contributed by atoms with van der Waals surface area (Å²) in [6.45, 7) is 5.74. The summed E-state index contributed by atoms with van der Waals surface area (Å²) < 4.78 is 15.1. The first-order valence-corrected chi connectivity index (χ1v) is 14.2. The van der Waals surface area contributed by atoms with Gasteiger partial charge in [-0.15, -0.1) is 11.3 Å². The van der Waals surface area contributed by atoms with E-state index in [0.29, 0.717) is 11.4 Å². The molecule has 2 fully saturated rings. The van der Waals surface area contributed by atoms with Crippen molar-refractivity contribution in [2.24, 2.45) is 0 Å². The molecule has 0 aliphatic carbocycles. The van der Waals surface area contributed by atoms with E-state index in [1.165, 1.54) is 0 Å². The molecule has 2 N–H and O–H groups in total. The Kier molecular flexibility index (Phi) is 5.45. The number of hydrogen-bond donors (Lipinski definition) is 1. The van der Waals surface area contributed by atoms with Gasteiger partial charge in [0.1, 0.15) is 11.4 Å². The van der Waals surface area contributed by atoms with Gasteiger partial charge in [-0.1, -0.05) is 0 Å². The Balaban J connectivity index is 1.18. The monoisotopic (exact) mass is 542 g/mol. The number of rotatable bonds is 3. The van der Waals surface area contributed by atoms with Crippen LogP contribution >= 0.6 is 11.3 Å². The van der Waals surface area contributed by atoms with Crippen LogP contribution in [0.2, 0.25) is 0 Å². The van der Waals surface area contributed by atoms with E-state index in [4.69, 9.17) is 20.0 Å². The number of pyridine rings is 2. The Hall–Kier alpha value is -3.92. The number of piperidine rings is 1. The minimum Gasteiger partial charge on any atom is -0.452 e. The van der Waals surface area contributed by atoms with Crippen LogP contribution in [0.1, 0.15) is 52.5 Å². The summed E-state index contributed by atoms with van der Waals surface area (Å²) in [5, 5.41) is 8.85. The van der Waals surface area contributed by atoms with E-state index >= 15 is 0 Å². The minimum atomic E-state index is -0.497. The number of hydrogen-bond acceptors (Lipinski definition) is 8. The number of amides is 1. The van der Waals surface area contributed by atoms with Crippen LogP contribution in [-0.2, 0) is 4.74 Å². The molecule has 5 aromatic heterocycles. The van der Waals surface area contributed by atoms with Gasteiger partial charge in [-0.05, 0) is 58.6 Å². The second-order valence-electron chi connectivity index (χ2n) is 11.5. The number of nitrogens with two attached hydrogens (primary N) is 1. The maximum atomic E-state index is 12.9. The number of nitrogens with zero attached hydrogens (tertiary/aromatic N) is 5. The Bertz CT molecular complexity index is 1700. The highest BCUT2D eigenvalue weighted by molar-refractivity contribution is 7.17. The van der Waals surface area contributed by atoms with Crippen molar-refractivity contribution >= 4 is 44.3 Å².